The van der Waals surface area contributed by atoms with Crippen LogP contribution >= 0.6 is 23.8 Å². The minimum atomic E-state index is -0.444. The number of esters is 1. The van der Waals surface area contributed by atoms with E-state index in [1.807, 2.05) is 54.0 Å². The Kier molecular flexibility index (Phi) is 5.82. The van der Waals surface area contributed by atoms with E-state index in [0.29, 0.717) is 10.5 Å². The van der Waals surface area contributed by atoms with Gasteiger partial charge in [0.25, 0.3) is 0 Å². The molecule has 2 aromatic carbocycles. The lowest BCUT2D eigenvalue weighted by molar-refractivity contribution is 0.0595. The Labute approximate surface area is 168 Å². The molecule has 0 bridgehead atoms. The van der Waals surface area contributed by atoms with E-state index < -0.39 is 5.97 Å². The quantitative estimate of drug-likeness (QED) is 0.424. The molecular formula is C21H21ClN2O2S. The topological polar surface area (TPSA) is 47.0 Å². The van der Waals surface area contributed by atoms with Crippen LogP contribution in [0.15, 0.2) is 48.5 Å². The highest BCUT2D eigenvalue weighted by Gasteiger charge is 2.25. The molecule has 0 fully saturated rings. The zero-order chi connectivity index (χ0) is 19.6. The lowest BCUT2D eigenvalue weighted by Crippen LogP contribution is -2.13. The number of aromatic amines is 1. The Morgan fingerprint density at radius 1 is 1.26 bits per heavy atom. The van der Waals surface area contributed by atoms with E-state index in [2.05, 4.69) is 18.0 Å². The predicted molar refractivity (Wildman–Crippen MR) is 111 cm³/mol. The van der Waals surface area contributed by atoms with E-state index in [9.17, 15) is 4.79 Å². The van der Waals surface area contributed by atoms with Gasteiger partial charge in [-0.25, -0.2) is 4.79 Å². The van der Waals surface area contributed by atoms with Crippen LogP contribution in [-0.4, -0.2) is 22.6 Å². The lowest BCUT2D eigenvalue weighted by atomic mass is 10.0. The minimum Gasteiger partial charge on any atom is -0.464 e. The zero-order valence-corrected chi connectivity index (χ0v) is 17.0. The second-order valence-corrected chi connectivity index (χ2v) is 7.11. The molecule has 1 aromatic heterocycles. The van der Waals surface area contributed by atoms with Crippen LogP contribution in [0, 0.1) is 11.7 Å². The molecule has 0 saturated carbocycles. The van der Waals surface area contributed by atoms with Crippen molar-refractivity contribution in [3.63, 3.8) is 0 Å². The Bertz CT molecular complexity index is 1020. The van der Waals surface area contributed by atoms with Crippen LogP contribution in [0.25, 0.3) is 11.3 Å². The fraction of sp³-hybridized carbons (Fsp3) is 0.238. The average molecular weight is 401 g/mol. The van der Waals surface area contributed by atoms with E-state index in [1.165, 1.54) is 7.11 Å². The molecule has 0 aliphatic heterocycles. The van der Waals surface area contributed by atoms with Crippen LogP contribution < -0.4 is 0 Å². The number of H-pyrrole nitrogens is 1. The van der Waals surface area contributed by atoms with E-state index in [0.717, 1.165) is 33.8 Å². The maximum absolute atomic E-state index is 12.4. The number of aryl methyl sites for hydroxylation is 1. The summed E-state index contributed by atoms with van der Waals surface area (Å²) in [4.78, 5) is 15.4. The second-order valence-electron chi connectivity index (χ2n) is 6.31. The Hall–Kier alpha value is -2.37. The highest BCUT2D eigenvalue weighted by Crippen LogP contribution is 2.33. The number of rotatable bonds is 5. The minimum absolute atomic E-state index is 0.0432. The normalized spacial score (nSPS) is 12.0. The van der Waals surface area contributed by atoms with Crippen LogP contribution in [-0.2, 0) is 4.74 Å². The number of carbonyl (C=O) groups excluding carboxylic acids is 1. The van der Waals surface area contributed by atoms with Crippen LogP contribution in [0.1, 0.15) is 41.0 Å². The van der Waals surface area contributed by atoms with E-state index in [1.54, 1.807) is 0 Å². The molecule has 0 amide bonds. The van der Waals surface area contributed by atoms with Crippen molar-refractivity contribution < 1.29 is 9.53 Å². The van der Waals surface area contributed by atoms with Crippen molar-refractivity contribution in [3.8, 4) is 11.3 Å². The number of imidazole rings is 1. The SMILES string of the molecule is CCC(c1ccc(Cl)c(C)c1)n1c(-c2ccccc2)c(C(=O)OC)[nH]c1=S. The fourth-order valence-electron chi connectivity index (χ4n) is 3.32. The summed E-state index contributed by atoms with van der Waals surface area (Å²) in [7, 11) is 1.37. The molecule has 3 aromatic rings. The number of aromatic nitrogens is 2. The molecule has 0 radical (unpaired) electrons. The maximum Gasteiger partial charge on any atom is 0.356 e. The van der Waals surface area contributed by atoms with Gasteiger partial charge in [0.1, 0.15) is 0 Å². The van der Waals surface area contributed by atoms with Crippen molar-refractivity contribution in [3.05, 3.63) is 75.1 Å². The number of carbonyl (C=O) groups is 1. The summed E-state index contributed by atoms with van der Waals surface area (Å²) >= 11 is 11.8. The molecular weight excluding hydrogens is 380 g/mol. The summed E-state index contributed by atoms with van der Waals surface area (Å²) in [6.07, 6.45) is 0.799. The molecule has 3 rings (SSSR count). The molecule has 1 unspecified atom stereocenters. The molecule has 140 valence electrons. The first-order valence-electron chi connectivity index (χ1n) is 8.72. The number of nitrogens with one attached hydrogen (secondary N) is 1. The zero-order valence-electron chi connectivity index (χ0n) is 15.5. The van der Waals surface area contributed by atoms with Crippen LogP contribution in [0.2, 0.25) is 5.02 Å². The molecule has 6 heteroatoms. The number of benzene rings is 2. The fourth-order valence-corrected chi connectivity index (χ4v) is 3.76. The third kappa shape index (κ3) is 3.70. The Morgan fingerprint density at radius 2 is 1.96 bits per heavy atom. The smallest absolute Gasteiger partial charge is 0.356 e. The molecule has 1 N–H and O–H groups in total. The number of halogens is 1. The van der Waals surface area contributed by atoms with Crippen molar-refractivity contribution in [1.82, 2.24) is 9.55 Å². The van der Waals surface area contributed by atoms with Crippen molar-refractivity contribution >= 4 is 29.8 Å². The average Bonchev–Trinajstić information content (AvgIpc) is 3.02. The molecule has 1 atom stereocenters. The van der Waals surface area contributed by atoms with Crippen LogP contribution in [0.4, 0.5) is 0 Å². The van der Waals surface area contributed by atoms with Crippen molar-refractivity contribution in [2.24, 2.45) is 0 Å². The summed E-state index contributed by atoms with van der Waals surface area (Å²) in [6.45, 7) is 4.07. The maximum atomic E-state index is 12.4. The van der Waals surface area contributed by atoms with Gasteiger partial charge < -0.3 is 14.3 Å². The molecule has 27 heavy (non-hydrogen) atoms. The molecule has 0 aliphatic rings. The summed E-state index contributed by atoms with van der Waals surface area (Å²) in [5.41, 5.74) is 4.08. The van der Waals surface area contributed by atoms with Gasteiger partial charge in [0.2, 0.25) is 0 Å². The van der Waals surface area contributed by atoms with E-state index in [4.69, 9.17) is 28.6 Å². The highest BCUT2D eigenvalue weighted by atomic mass is 35.5. The number of ether oxygens (including phenoxy) is 1. The van der Waals surface area contributed by atoms with Crippen molar-refractivity contribution in [2.45, 2.75) is 26.3 Å². The Balaban J connectivity index is 2.27. The van der Waals surface area contributed by atoms with Gasteiger partial charge in [0.05, 0.1) is 18.8 Å². The number of methoxy groups -OCH3 is 1. The number of hydrogen-bond acceptors (Lipinski definition) is 3. The largest absolute Gasteiger partial charge is 0.464 e. The Morgan fingerprint density at radius 3 is 2.56 bits per heavy atom. The monoisotopic (exact) mass is 400 g/mol. The van der Waals surface area contributed by atoms with Gasteiger partial charge in [-0.2, -0.15) is 0 Å². The van der Waals surface area contributed by atoms with E-state index >= 15 is 0 Å². The van der Waals surface area contributed by atoms with Gasteiger partial charge in [-0.05, 0) is 42.8 Å². The van der Waals surface area contributed by atoms with Gasteiger partial charge in [-0.15, -0.1) is 0 Å². The summed E-state index contributed by atoms with van der Waals surface area (Å²) in [6, 6.07) is 15.7. The summed E-state index contributed by atoms with van der Waals surface area (Å²) in [5, 5.41) is 0.727. The van der Waals surface area contributed by atoms with Gasteiger partial charge in [0, 0.05) is 10.6 Å². The van der Waals surface area contributed by atoms with Crippen LogP contribution in [0.5, 0.6) is 0 Å². The van der Waals surface area contributed by atoms with Crippen molar-refractivity contribution in [2.75, 3.05) is 7.11 Å². The first-order valence-corrected chi connectivity index (χ1v) is 9.50. The standard InChI is InChI=1S/C21H21ClN2O2S/c1-4-17(15-10-11-16(22)13(2)12-15)24-19(14-8-6-5-7-9-14)18(20(25)26-3)23-21(24)27/h5-12,17H,4H2,1-3H3,(H,23,27). The molecule has 0 spiro atoms. The molecule has 0 aliphatic carbocycles. The third-order valence-electron chi connectivity index (χ3n) is 4.63. The third-order valence-corrected chi connectivity index (χ3v) is 5.35. The van der Waals surface area contributed by atoms with Crippen LogP contribution in [0.3, 0.4) is 0 Å². The van der Waals surface area contributed by atoms with Gasteiger partial charge in [0.15, 0.2) is 10.5 Å². The second kappa shape index (κ2) is 8.11. The molecule has 4 nitrogen and oxygen atoms in total. The first kappa shape index (κ1) is 19.4. The lowest BCUT2D eigenvalue weighted by Gasteiger charge is -2.21. The van der Waals surface area contributed by atoms with Gasteiger partial charge >= 0.3 is 5.97 Å². The highest BCUT2D eigenvalue weighted by molar-refractivity contribution is 7.71. The van der Waals surface area contributed by atoms with Gasteiger partial charge in [-0.3, -0.25) is 0 Å². The molecule has 0 saturated heterocycles. The van der Waals surface area contributed by atoms with E-state index in [-0.39, 0.29) is 6.04 Å². The summed E-state index contributed by atoms with van der Waals surface area (Å²) in [5.74, 6) is -0.444. The first-order chi connectivity index (χ1) is 13.0. The number of hydrogen-bond donors (Lipinski definition) is 1. The summed E-state index contributed by atoms with van der Waals surface area (Å²) < 4.78 is 7.45. The number of nitrogens with zero attached hydrogens (tertiary/aromatic N) is 1. The predicted octanol–water partition coefficient (Wildman–Crippen LogP) is 5.96. The van der Waals surface area contributed by atoms with Crippen molar-refractivity contribution in [1.29, 1.82) is 0 Å². The van der Waals surface area contributed by atoms with Gasteiger partial charge in [-0.1, -0.05) is 61.0 Å². The molecule has 1 heterocycles.